The molecule has 144 valence electrons. The Labute approximate surface area is 166 Å². The highest BCUT2D eigenvalue weighted by atomic mass is 19.1. The van der Waals surface area contributed by atoms with Gasteiger partial charge in [0.2, 0.25) is 0 Å². The topological polar surface area (TPSA) is 44.4 Å². The molecular formula is C23H17F2N3O. The zero-order chi connectivity index (χ0) is 20.0. The second-order valence-corrected chi connectivity index (χ2v) is 7.14. The van der Waals surface area contributed by atoms with Crippen molar-refractivity contribution in [2.75, 3.05) is 15.5 Å². The minimum absolute atomic E-state index is 0.305. The maximum Gasteiger partial charge on any atom is 0.257 e. The zero-order valence-electron chi connectivity index (χ0n) is 15.4. The lowest BCUT2D eigenvalue weighted by Gasteiger charge is -2.19. The quantitative estimate of drug-likeness (QED) is 0.627. The lowest BCUT2D eigenvalue weighted by atomic mass is 10.1. The van der Waals surface area contributed by atoms with Crippen LogP contribution >= 0.6 is 0 Å². The molecule has 0 unspecified atom stereocenters. The summed E-state index contributed by atoms with van der Waals surface area (Å²) in [5.41, 5.74) is 4.79. The summed E-state index contributed by atoms with van der Waals surface area (Å²) in [6.45, 7) is 1.35. The highest BCUT2D eigenvalue weighted by Crippen LogP contribution is 2.33. The molecule has 29 heavy (non-hydrogen) atoms. The van der Waals surface area contributed by atoms with E-state index in [4.69, 9.17) is 0 Å². The number of carbonyl (C=O) groups excluding carboxylic acids is 1. The minimum atomic E-state index is -0.423. The molecule has 0 aromatic heterocycles. The van der Waals surface area contributed by atoms with Gasteiger partial charge in [0.25, 0.3) is 5.91 Å². The second-order valence-electron chi connectivity index (χ2n) is 7.14. The van der Waals surface area contributed by atoms with Crippen LogP contribution in [0, 0.1) is 11.6 Å². The van der Waals surface area contributed by atoms with Crippen LogP contribution in [0.4, 0.5) is 25.8 Å². The van der Waals surface area contributed by atoms with Gasteiger partial charge >= 0.3 is 0 Å². The Bertz CT molecular complexity index is 1150. The van der Waals surface area contributed by atoms with E-state index >= 15 is 0 Å². The van der Waals surface area contributed by atoms with Crippen LogP contribution in [-0.2, 0) is 17.9 Å². The van der Waals surface area contributed by atoms with Crippen LogP contribution < -0.4 is 15.5 Å². The van der Waals surface area contributed by atoms with Crippen LogP contribution in [0.25, 0.3) is 5.57 Å². The van der Waals surface area contributed by atoms with Gasteiger partial charge in [-0.25, -0.2) is 8.78 Å². The normalized spacial score (nSPS) is 16.0. The fraction of sp³-hybridized carbons (Fsp3) is 0.0870. The standard InChI is InChI=1S/C23H17F2N3O/c24-16-5-7-21-18(9-16)19(23(29)27-21)11-26-17-6-8-22(20(25)10-17)28-12-14-3-1-2-4-15(14)13-28/h1-11,26H,12-13H2,(H,27,29)/b19-11+. The number of nitrogens with zero attached hydrogens (tertiary/aromatic N) is 1. The molecule has 0 saturated carbocycles. The molecule has 2 N–H and O–H groups in total. The van der Waals surface area contributed by atoms with Crippen molar-refractivity contribution in [2.45, 2.75) is 13.1 Å². The molecule has 0 spiro atoms. The highest BCUT2D eigenvalue weighted by Gasteiger charge is 2.25. The van der Waals surface area contributed by atoms with Gasteiger partial charge in [-0.05, 0) is 47.5 Å². The monoisotopic (exact) mass is 389 g/mol. The van der Waals surface area contributed by atoms with E-state index in [0.717, 1.165) is 0 Å². The van der Waals surface area contributed by atoms with Crippen LogP contribution in [0.3, 0.4) is 0 Å². The van der Waals surface area contributed by atoms with E-state index in [1.165, 1.54) is 41.6 Å². The van der Waals surface area contributed by atoms with Crippen molar-refractivity contribution in [3.05, 3.63) is 95.2 Å². The van der Waals surface area contributed by atoms with Crippen molar-refractivity contribution in [3.63, 3.8) is 0 Å². The lowest BCUT2D eigenvalue weighted by molar-refractivity contribution is -0.110. The van der Waals surface area contributed by atoms with E-state index in [-0.39, 0.29) is 11.7 Å². The molecule has 0 atom stereocenters. The molecule has 6 heteroatoms. The van der Waals surface area contributed by atoms with E-state index in [1.807, 2.05) is 17.0 Å². The van der Waals surface area contributed by atoms with Gasteiger partial charge in [0, 0.05) is 36.2 Å². The molecule has 2 aliphatic heterocycles. The third kappa shape index (κ3) is 3.12. The SMILES string of the molecule is O=C1Nc2ccc(F)cc2/C1=C\Nc1ccc(N2Cc3ccccc3C2)c(F)c1. The van der Waals surface area contributed by atoms with Crippen LogP contribution in [0.1, 0.15) is 16.7 Å². The number of hydrogen-bond acceptors (Lipinski definition) is 3. The summed E-state index contributed by atoms with van der Waals surface area (Å²) in [5, 5.41) is 5.63. The third-order valence-corrected chi connectivity index (χ3v) is 5.28. The van der Waals surface area contributed by atoms with Crippen LogP contribution in [0.2, 0.25) is 0 Å². The predicted molar refractivity (Wildman–Crippen MR) is 109 cm³/mol. The number of rotatable bonds is 3. The van der Waals surface area contributed by atoms with E-state index in [2.05, 4.69) is 22.8 Å². The highest BCUT2D eigenvalue weighted by molar-refractivity contribution is 6.31. The number of fused-ring (bicyclic) bond motifs is 2. The Morgan fingerprint density at radius 1 is 0.966 bits per heavy atom. The molecule has 0 saturated heterocycles. The van der Waals surface area contributed by atoms with E-state index in [9.17, 15) is 13.6 Å². The van der Waals surface area contributed by atoms with E-state index in [0.29, 0.717) is 41.3 Å². The molecule has 2 heterocycles. The Hall–Kier alpha value is -3.67. The molecule has 5 rings (SSSR count). The van der Waals surface area contributed by atoms with Gasteiger partial charge in [0.1, 0.15) is 11.6 Å². The molecule has 0 bridgehead atoms. The van der Waals surface area contributed by atoms with Gasteiger partial charge < -0.3 is 15.5 Å². The average molecular weight is 389 g/mol. The van der Waals surface area contributed by atoms with Crippen molar-refractivity contribution in [1.82, 2.24) is 0 Å². The Morgan fingerprint density at radius 2 is 1.72 bits per heavy atom. The third-order valence-electron chi connectivity index (χ3n) is 5.28. The van der Waals surface area contributed by atoms with Crippen molar-refractivity contribution < 1.29 is 13.6 Å². The predicted octanol–water partition coefficient (Wildman–Crippen LogP) is 4.89. The van der Waals surface area contributed by atoms with Crippen molar-refractivity contribution in [2.24, 2.45) is 0 Å². The number of benzene rings is 3. The summed E-state index contributed by atoms with van der Waals surface area (Å²) in [6.07, 6.45) is 1.47. The summed E-state index contributed by atoms with van der Waals surface area (Å²) < 4.78 is 28.3. The number of nitrogens with one attached hydrogen (secondary N) is 2. The lowest BCUT2D eigenvalue weighted by Crippen LogP contribution is -2.16. The Morgan fingerprint density at radius 3 is 2.45 bits per heavy atom. The van der Waals surface area contributed by atoms with Gasteiger partial charge in [0.05, 0.1) is 11.3 Å². The molecule has 4 nitrogen and oxygen atoms in total. The summed E-state index contributed by atoms with van der Waals surface area (Å²) in [7, 11) is 0. The molecule has 0 aliphatic carbocycles. The summed E-state index contributed by atoms with van der Waals surface area (Å²) in [6, 6.07) is 17.1. The second kappa shape index (κ2) is 6.74. The maximum absolute atomic E-state index is 14.8. The van der Waals surface area contributed by atoms with Gasteiger partial charge in [0.15, 0.2) is 0 Å². The molecule has 3 aromatic rings. The first kappa shape index (κ1) is 17.4. The first-order valence-corrected chi connectivity index (χ1v) is 9.28. The summed E-state index contributed by atoms with van der Waals surface area (Å²) in [5.74, 6) is -1.10. The van der Waals surface area contributed by atoms with Crippen LogP contribution in [0.15, 0.2) is 66.9 Å². The minimum Gasteiger partial charge on any atom is -0.361 e. The van der Waals surface area contributed by atoms with Crippen molar-refractivity contribution in [3.8, 4) is 0 Å². The van der Waals surface area contributed by atoms with Crippen LogP contribution in [-0.4, -0.2) is 5.91 Å². The average Bonchev–Trinajstić information content (AvgIpc) is 3.26. The van der Waals surface area contributed by atoms with Gasteiger partial charge in [-0.1, -0.05) is 24.3 Å². The van der Waals surface area contributed by atoms with Crippen molar-refractivity contribution in [1.29, 1.82) is 0 Å². The fourth-order valence-electron chi connectivity index (χ4n) is 3.82. The van der Waals surface area contributed by atoms with Crippen LogP contribution in [0.5, 0.6) is 0 Å². The Kier molecular flexibility index (Phi) is 4.05. The number of amides is 1. The first-order chi connectivity index (χ1) is 14.1. The number of carbonyl (C=O) groups is 1. The Balaban J connectivity index is 1.36. The van der Waals surface area contributed by atoms with E-state index in [1.54, 1.807) is 12.1 Å². The maximum atomic E-state index is 14.8. The number of hydrogen-bond donors (Lipinski definition) is 2. The molecule has 0 fully saturated rings. The smallest absolute Gasteiger partial charge is 0.257 e. The van der Waals surface area contributed by atoms with Gasteiger partial charge in [-0.2, -0.15) is 0 Å². The molecule has 3 aromatic carbocycles. The summed E-state index contributed by atoms with van der Waals surface area (Å²) >= 11 is 0. The number of anilines is 3. The largest absolute Gasteiger partial charge is 0.361 e. The van der Waals surface area contributed by atoms with E-state index < -0.39 is 5.82 Å². The molecule has 2 aliphatic rings. The van der Waals surface area contributed by atoms with Crippen molar-refractivity contribution >= 4 is 28.5 Å². The fourth-order valence-corrected chi connectivity index (χ4v) is 3.82. The van der Waals surface area contributed by atoms with Gasteiger partial charge in [-0.3, -0.25) is 4.79 Å². The first-order valence-electron chi connectivity index (χ1n) is 9.28. The summed E-state index contributed by atoms with van der Waals surface area (Å²) in [4.78, 5) is 14.1. The zero-order valence-corrected chi connectivity index (χ0v) is 15.4. The molecule has 0 radical (unpaired) electrons. The molecular weight excluding hydrogens is 372 g/mol. The number of halogens is 2. The van der Waals surface area contributed by atoms with Gasteiger partial charge in [-0.15, -0.1) is 0 Å². The molecule has 1 amide bonds.